The molecule has 0 fully saturated rings. The number of nitrogens with two attached hydrogens (primary N) is 1. The first-order valence-electron chi connectivity index (χ1n) is 7.42. The monoisotopic (exact) mass is 277 g/mol. The molecule has 0 unspecified atom stereocenters. The minimum atomic E-state index is -0.428. The highest BCUT2D eigenvalue weighted by Crippen LogP contribution is 2.20. The number of carbonyl (C=O) groups is 1. The number of rotatable bonds is 7. The van der Waals surface area contributed by atoms with Gasteiger partial charge >= 0.3 is 0 Å². The maximum Gasteiger partial charge on any atom is 0.241 e. The van der Waals surface area contributed by atoms with Crippen LogP contribution >= 0.6 is 0 Å². The molecule has 0 saturated heterocycles. The minimum Gasteiger partial charge on any atom is -0.369 e. The largest absolute Gasteiger partial charge is 0.369 e. The van der Waals surface area contributed by atoms with E-state index >= 15 is 0 Å². The van der Waals surface area contributed by atoms with Gasteiger partial charge in [0.25, 0.3) is 0 Å². The maximum absolute atomic E-state index is 11.8. The van der Waals surface area contributed by atoms with E-state index < -0.39 is 6.04 Å². The summed E-state index contributed by atoms with van der Waals surface area (Å²) >= 11 is 0. The van der Waals surface area contributed by atoms with Gasteiger partial charge in [0.15, 0.2) is 0 Å². The average Bonchev–Trinajstić information content (AvgIpc) is 2.41. The molecule has 4 heteroatoms. The molecule has 1 aromatic rings. The molecule has 112 valence electrons. The lowest BCUT2D eigenvalue weighted by molar-refractivity contribution is -0.117. The van der Waals surface area contributed by atoms with E-state index in [9.17, 15) is 4.79 Å². The molecule has 0 saturated carbocycles. The third kappa shape index (κ3) is 4.53. The van der Waals surface area contributed by atoms with Crippen molar-refractivity contribution in [3.05, 3.63) is 24.3 Å². The molecule has 1 atom stereocenters. The summed E-state index contributed by atoms with van der Waals surface area (Å²) in [5, 5.41) is 2.86. The second-order valence-corrected chi connectivity index (χ2v) is 5.31. The second-order valence-electron chi connectivity index (χ2n) is 5.31. The number of benzene rings is 1. The van der Waals surface area contributed by atoms with E-state index in [1.54, 1.807) is 0 Å². The molecule has 0 aliphatic carbocycles. The van der Waals surface area contributed by atoms with Crippen LogP contribution < -0.4 is 16.0 Å². The highest BCUT2D eigenvalue weighted by Gasteiger charge is 2.13. The summed E-state index contributed by atoms with van der Waals surface area (Å²) in [5.41, 5.74) is 7.76. The predicted molar refractivity (Wildman–Crippen MR) is 86.1 cm³/mol. The smallest absolute Gasteiger partial charge is 0.241 e. The Labute approximate surface area is 122 Å². The average molecular weight is 277 g/mol. The van der Waals surface area contributed by atoms with E-state index in [4.69, 9.17) is 5.73 Å². The molecule has 0 aliphatic rings. The summed E-state index contributed by atoms with van der Waals surface area (Å²) in [6.45, 7) is 9.46. The van der Waals surface area contributed by atoms with Gasteiger partial charge in [-0.3, -0.25) is 4.79 Å². The number of amides is 1. The van der Waals surface area contributed by atoms with Gasteiger partial charge in [0.1, 0.15) is 0 Å². The zero-order valence-electron chi connectivity index (χ0n) is 13.0. The summed E-state index contributed by atoms with van der Waals surface area (Å²) in [7, 11) is 0. The lowest BCUT2D eigenvalue weighted by Gasteiger charge is -2.27. The van der Waals surface area contributed by atoms with Gasteiger partial charge in [0.05, 0.1) is 6.04 Å². The Hall–Kier alpha value is -1.55. The third-order valence-electron chi connectivity index (χ3n) is 3.37. The molecular formula is C16H27N3O. The molecule has 1 amide bonds. The fourth-order valence-electron chi connectivity index (χ4n) is 2.26. The van der Waals surface area contributed by atoms with Crippen molar-refractivity contribution >= 4 is 17.3 Å². The SMILES string of the molecule is CCC[C@H](N)C(=O)Nc1ccc(N(CC)C(C)C)cc1. The Morgan fingerprint density at radius 2 is 1.85 bits per heavy atom. The minimum absolute atomic E-state index is 0.115. The zero-order valence-corrected chi connectivity index (χ0v) is 13.0. The molecular weight excluding hydrogens is 250 g/mol. The summed E-state index contributed by atoms with van der Waals surface area (Å²) in [6, 6.07) is 7.95. The molecule has 0 radical (unpaired) electrons. The van der Waals surface area contributed by atoms with E-state index in [1.807, 2.05) is 31.2 Å². The molecule has 4 nitrogen and oxygen atoms in total. The van der Waals surface area contributed by atoms with Crippen LogP contribution in [0.3, 0.4) is 0 Å². The summed E-state index contributed by atoms with van der Waals surface area (Å²) < 4.78 is 0. The number of carbonyl (C=O) groups excluding carboxylic acids is 1. The van der Waals surface area contributed by atoms with Gasteiger partial charge in [-0.15, -0.1) is 0 Å². The van der Waals surface area contributed by atoms with Crippen molar-refractivity contribution in [1.29, 1.82) is 0 Å². The van der Waals surface area contributed by atoms with Gasteiger partial charge in [-0.2, -0.15) is 0 Å². The van der Waals surface area contributed by atoms with E-state index in [0.29, 0.717) is 12.5 Å². The Bertz CT molecular complexity index is 414. The van der Waals surface area contributed by atoms with Crippen LogP contribution in [0.15, 0.2) is 24.3 Å². The fourth-order valence-corrected chi connectivity index (χ4v) is 2.26. The van der Waals surface area contributed by atoms with Gasteiger partial charge in [-0.05, 0) is 51.5 Å². The van der Waals surface area contributed by atoms with Crippen LogP contribution in [-0.2, 0) is 4.79 Å². The second kappa shape index (κ2) is 7.90. The molecule has 1 aromatic carbocycles. The van der Waals surface area contributed by atoms with Crippen LogP contribution in [0, 0.1) is 0 Å². The summed E-state index contributed by atoms with van der Waals surface area (Å²) in [5.74, 6) is -0.115. The van der Waals surface area contributed by atoms with Crippen LogP contribution in [0.5, 0.6) is 0 Å². The van der Waals surface area contributed by atoms with Crippen LogP contribution in [0.25, 0.3) is 0 Å². The first kappa shape index (κ1) is 16.5. The van der Waals surface area contributed by atoms with Crippen LogP contribution in [0.1, 0.15) is 40.5 Å². The first-order valence-corrected chi connectivity index (χ1v) is 7.42. The zero-order chi connectivity index (χ0) is 15.1. The van der Waals surface area contributed by atoms with Gasteiger partial charge in [-0.1, -0.05) is 13.3 Å². The van der Waals surface area contributed by atoms with E-state index in [-0.39, 0.29) is 5.91 Å². The first-order chi connectivity index (χ1) is 9.49. The Kier molecular flexibility index (Phi) is 6.52. The van der Waals surface area contributed by atoms with Crippen molar-refractivity contribution in [2.75, 3.05) is 16.8 Å². The molecule has 1 rings (SSSR count). The Morgan fingerprint density at radius 1 is 1.25 bits per heavy atom. The number of anilines is 2. The van der Waals surface area contributed by atoms with Crippen molar-refractivity contribution in [2.24, 2.45) is 5.73 Å². The summed E-state index contributed by atoms with van der Waals surface area (Å²) in [4.78, 5) is 14.1. The molecule has 0 aromatic heterocycles. The van der Waals surface area contributed by atoms with Crippen molar-refractivity contribution < 1.29 is 4.79 Å². The standard InChI is InChI=1S/C16H27N3O/c1-5-7-15(17)16(20)18-13-8-10-14(11-9-13)19(6-2)12(3)4/h8-12,15H,5-7,17H2,1-4H3,(H,18,20)/t15-/m0/s1. The lowest BCUT2D eigenvalue weighted by atomic mass is 10.1. The molecule has 20 heavy (non-hydrogen) atoms. The maximum atomic E-state index is 11.8. The summed E-state index contributed by atoms with van der Waals surface area (Å²) in [6.07, 6.45) is 1.62. The van der Waals surface area contributed by atoms with Crippen molar-refractivity contribution in [2.45, 2.75) is 52.6 Å². The van der Waals surface area contributed by atoms with E-state index in [0.717, 1.165) is 18.7 Å². The predicted octanol–water partition coefficient (Wildman–Crippen LogP) is 2.99. The van der Waals surface area contributed by atoms with Crippen LogP contribution in [0.4, 0.5) is 11.4 Å². The Balaban J connectivity index is 2.69. The topological polar surface area (TPSA) is 58.4 Å². The quantitative estimate of drug-likeness (QED) is 0.805. The normalized spacial score (nSPS) is 12.3. The van der Waals surface area contributed by atoms with Crippen molar-refractivity contribution in [3.8, 4) is 0 Å². The molecule has 3 N–H and O–H groups in total. The van der Waals surface area contributed by atoms with E-state index in [1.165, 1.54) is 5.69 Å². The highest BCUT2D eigenvalue weighted by molar-refractivity contribution is 5.94. The highest BCUT2D eigenvalue weighted by atomic mass is 16.2. The molecule has 0 spiro atoms. The molecule has 0 bridgehead atoms. The number of hydrogen-bond donors (Lipinski definition) is 2. The van der Waals surface area contributed by atoms with Gasteiger partial charge in [-0.25, -0.2) is 0 Å². The Morgan fingerprint density at radius 3 is 2.30 bits per heavy atom. The van der Waals surface area contributed by atoms with Crippen molar-refractivity contribution in [1.82, 2.24) is 0 Å². The third-order valence-corrected chi connectivity index (χ3v) is 3.37. The number of nitrogens with zero attached hydrogens (tertiary/aromatic N) is 1. The van der Waals surface area contributed by atoms with Gasteiger partial charge < -0.3 is 16.0 Å². The molecule has 0 heterocycles. The van der Waals surface area contributed by atoms with Crippen molar-refractivity contribution in [3.63, 3.8) is 0 Å². The number of nitrogens with one attached hydrogen (secondary N) is 1. The fraction of sp³-hybridized carbons (Fsp3) is 0.562. The van der Waals surface area contributed by atoms with Gasteiger partial charge in [0.2, 0.25) is 5.91 Å². The number of hydrogen-bond acceptors (Lipinski definition) is 3. The van der Waals surface area contributed by atoms with Crippen LogP contribution in [0.2, 0.25) is 0 Å². The van der Waals surface area contributed by atoms with Crippen LogP contribution in [-0.4, -0.2) is 24.5 Å². The van der Waals surface area contributed by atoms with Gasteiger partial charge in [0, 0.05) is 24.0 Å². The van der Waals surface area contributed by atoms with E-state index in [2.05, 4.69) is 31.0 Å². The molecule has 0 aliphatic heterocycles. The lowest BCUT2D eigenvalue weighted by Crippen LogP contribution is -2.35.